The molecule has 0 aliphatic carbocycles. The van der Waals surface area contributed by atoms with Gasteiger partial charge in [0.25, 0.3) is 0 Å². The van der Waals surface area contributed by atoms with Crippen molar-refractivity contribution in [3.05, 3.63) is 46.1 Å². The fourth-order valence-corrected chi connectivity index (χ4v) is 2.67. The second kappa shape index (κ2) is 6.36. The summed E-state index contributed by atoms with van der Waals surface area (Å²) >= 11 is 3.47. The number of rotatable bonds is 3. The molecule has 3 rings (SSSR count). The summed E-state index contributed by atoms with van der Waals surface area (Å²) in [5.74, 6) is 1.79. The van der Waals surface area contributed by atoms with Gasteiger partial charge in [0.1, 0.15) is 19.0 Å². The number of amides is 1. The third kappa shape index (κ3) is 3.39. The number of pyridine rings is 1. The Morgan fingerprint density at radius 3 is 2.73 bits per heavy atom. The van der Waals surface area contributed by atoms with Crippen LogP contribution in [0.3, 0.4) is 0 Å². The number of nitrogens with one attached hydrogen (secondary N) is 1. The largest absolute Gasteiger partial charge is 0.486 e. The fourth-order valence-electron chi connectivity index (χ4n) is 2.21. The fraction of sp³-hybridized carbons (Fsp3) is 0.250. The van der Waals surface area contributed by atoms with E-state index in [1.807, 2.05) is 31.2 Å². The van der Waals surface area contributed by atoms with Gasteiger partial charge < -0.3 is 14.8 Å². The van der Waals surface area contributed by atoms with E-state index in [1.54, 1.807) is 6.20 Å². The normalized spacial score (nSPS) is 12.8. The minimum Gasteiger partial charge on any atom is -0.486 e. The molecule has 2 aromatic rings. The molecule has 1 aliphatic rings. The van der Waals surface area contributed by atoms with Gasteiger partial charge in [0.05, 0.1) is 6.42 Å². The molecule has 6 heteroatoms. The predicted octanol–water partition coefficient (Wildman–Crippen LogP) is 3.10. The van der Waals surface area contributed by atoms with E-state index in [-0.39, 0.29) is 12.3 Å². The zero-order valence-corrected chi connectivity index (χ0v) is 13.6. The van der Waals surface area contributed by atoms with E-state index in [4.69, 9.17) is 9.47 Å². The Kier molecular flexibility index (Phi) is 4.29. The summed E-state index contributed by atoms with van der Waals surface area (Å²) in [6.45, 7) is 3.01. The van der Waals surface area contributed by atoms with Crippen LogP contribution in [0.2, 0.25) is 0 Å². The minimum atomic E-state index is -0.129. The van der Waals surface area contributed by atoms with Crippen LogP contribution >= 0.6 is 15.9 Å². The van der Waals surface area contributed by atoms with Crippen LogP contribution in [0.4, 0.5) is 5.82 Å². The van der Waals surface area contributed by atoms with Gasteiger partial charge in [-0.15, -0.1) is 0 Å². The Balaban J connectivity index is 1.74. The number of anilines is 1. The Morgan fingerprint density at radius 2 is 2.00 bits per heavy atom. The van der Waals surface area contributed by atoms with Crippen molar-refractivity contribution in [1.82, 2.24) is 4.98 Å². The predicted molar refractivity (Wildman–Crippen MR) is 86.4 cm³/mol. The Labute approximate surface area is 136 Å². The highest BCUT2D eigenvalue weighted by atomic mass is 79.9. The van der Waals surface area contributed by atoms with Gasteiger partial charge in [-0.1, -0.05) is 15.9 Å². The molecule has 114 valence electrons. The zero-order valence-electron chi connectivity index (χ0n) is 12.1. The maximum absolute atomic E-state index is 12.2. The number of ether oxygens (including phenoxy) is 2. The van der Waals surface area contributed by atoms with Crippen LogP contribution in [0.1, 0.15) is 11.1 Å². The van der Waals surface area contributed by atoms with Gasteiger partial charge >= 0.3 is 0 Å². The summed E-state index contributed by atoms with van der Waals surface area (Å²) in [5.41, 5.74) is 1.89. The van der Waals surface area contributed by atoms with Gasteiger partial charge in [0.15, 0.2) is 11.5 Å². The third-order valence-corrected chi connectivity index (χ3v) is 3.98. The van der Waals surface area contributed by atoms with E-state index in [9.17, 15) is 4.79 Å². The average Bonchev–Trinajstić information content (AvgIpc) is 2.48. The van der Waals surface area contributed by atoms with E-state index in [1.165, 1.54) is 0 Å². The second-order valence-corrected chi connectivity index (χ2v) is 5.88. The lowest BCUT2D eigenvalue weighted by molar-refractivity contribution is -0.115. The lowest BCUT2D eigenvalue weighted by atomic mass is 10.1. The summed E-state index contributed by atoms with van der Waals surface area (Å²) in [4.78, 5) is 16.3. The van der Waals surface area contributed by atoms with Crippen LogP contribution in [0.15, 0.2) is 34.9 Å². The van der Waals surface area contributed by atoms with E-state index >= 15 is 0 Å². The highest BCUT2D eigenvalue weighted by Gasteiger charge is 2.16. The van der Waals surface area contributed by atoms with Crippen LogP contribution in [0, 0.1) is 6.92 Å². The van der Waals surface area contributed by atoms with E-state index in [2.05, 4.69) is 26.2 Å². The monoisotopic (exact) mass is 362 g/mol. The first-order valence-electron chi connectivity index (χ1n) is 6.92. The third-order valence-electron chi connectivity index (χ3n) is 3.25. The SMILES string of the molecule is Cc1ccnc(NC(=O)Cc2cc3c(cc2Br)OCCO3)c1. The van der Waals surface area contributed by atoms with Crippen LogP contribution in [0.25, 0.3) is 0 Å². The molecule has 22 heavy (non-hydrogen) atoms. The Bertz CT molecular complexity index is 719. The first-order chi connectivity index (χ1) is 10.6. The number of carbonyl (C=O) groups excluding carboxylic acids is 1. The molecule has 0 unspecified atom stereocenters. The van der Waals surface area contributed by atoms with Gasteiger partial charge in [0, 0.05) is 10.7 Å². The van der Waals surface area contributed by atoms with Crippen molar-refractivity contribution in [2.45, 2.75) is 13.3 Å². The quantitative estimate of drug-likeness (QED) is 0.911. The highest BCUT2D eigenvalue weighted by Crippen LogP contribution is 2.35. The number of halogens is 1. The van der Waals surface area contributed by atoms with Crippen LogP contribution in [0.5, 0.6) is 11.5 Å². The van der Waals surface area contributed by atoms with Crippen molar-refractivity contribution in [3.63, 3.8) is 0 Å². The number of nitrogens with zero attached hydrogens (tertiary/aromatic N) is 1. The van der Waals surface area contributed by atoms with Crippen molar-refractivity contribution in [2.75, 3.05) is 18.5 Å². The standard InChI is InChI=1S/C16H15BrN2O3/c1-10-2-3-18-15(6-10)19-16(20)8-11-7-13-14(9-12(11)17)22-5-4-21-13/h2-3,6-7,9H,4-5,8H2,1H3,(H,18,19,20). The Hall–Kier alpha value is -2.08. The summed E-state index contributed by atoms with van der Waals surface area (Å²) in [7, 11) is 0. The molecule has 0 radical (unpaired) electrons. The molecule has 1 aromatic heterocycles. The number of benzene rings is 1. The topological polar surface area (TPSA) is 60.5 Å². The van der Waals surface area contributed by atoms with Crippen molar-refractivity contribution in [2.24, 2.45) is 0 Å². The number of fused-ring (bicyclic) bond motifs is 1. The maximum atomic E-state index is 12.2. The molecule has 1 amide bonds. The zero-order chi connectivity index (χ0) is 15.5. The van der Waals surface area contributed by atoms with Crippen molar-refractivity contribution < 1.29 is 14.3 Å². The molecule has 1 aromatic carbocycles. The second-order valence-electron chi connectivity index (χ2n) is 5.03. The van der Waals surface area contributed by atoms with Gasteiger partial charge in [-0.3, -0.25) is 4.79 Å². The van der Waals surface area contributed by atoms with Crippen LogP contribution < -0.4 is 14.8 Å². The molecular weight excluding hydrogens is 348 g/mol. The molecule has 0 saturated carbocycles. The molecule has 2 heterocycles. The van der Waals surface area contributed by atoms with Gasteiger partial charge in [-0.2, -0.15) is 0 Å². The maximum Gasteiger partial charge on any atom is 0.229 e. The van der Waals surface area contributed by atoms with Gasteiger partial charge in [-0.25, -0.2) is 4.98 Å². The Morgan fingerprint density at radius 1 is 1.27 bits per heavy atom. The molecule has 1 N–H and O–H groups in total. The summed E-state index contributed by atoms with van der Waals surface area (Å²) in [6, 6.07) is 7.38. The number of aryl methyl sites for hydroxylation is 1. The molecule has 0 fully saturated rings. The highest BCUT2D eigenvalue weighted by molar-refractivity contribution is 9.10. The first-order valence-corrected chi connectivity index (χ1v) is 7.71. The van der Waals surface area contributed by atoms with Gasteiger partial charge in [0.2, 0.25) is 5.91 Å². The molecule has 5 nitrogen and oxygen atoms in total. The minimum absolute atomic E-state index is 0.129. The molecule has 0 spiro atoms. The van der Waals surface area contributed by atoms with Crippen molar-refractivity contribution in [1.29, 1.82) is 0 Å². The van der Waals surface area contributed by atoms with Crippen molar-refractivity contribution in [3.8, 4) is 11.5 Å². The van der Waals surface area contributed by atoms with E-state index in [0.29, 0.717) is 30.5 Å². The van der Waals surface area contributed by atoms with Gasteiger partial charge in [-0.05, 0) is 42.3 Å². The molecule has 1 aliphatic heterocycles. The number of carbonyl (C=O) groups is 1. The van der Waals surface area contributed by atoms with Crippen LogP contribution in [-0.2, 0) is 11.2 Å². The van der Waals surface area contributed by atoms with E-state index in [0.717, 1.165) is 15.6 Å². The summed E-state index contributed by atoms with van der Waals surface area (Å²) in [6.07, 6.45) is 1.90. The lowest BCUT2D eigenvalue weighted by Gasteiger charge is -2.19. The van der Waals surface area contributed by atoms with Crippen LogP contribution in [-0.4, -0.2) is 24.1 Å². The van der Waals surface area contributed by atoms with E-state index < -0.39 is 0 Å². The average molecular weight is 363 g/mol. The smallest absolute Gasteiger partial charge is 0.229 e. The molecule has 0 atom stereocenters. The molecule has 0 saturated heterocycles. The molecule has 0 bridgehead atoms. The number of aromatic nitrogens is 1. The summed E-state index contributed by atoms with van der Waals surface area (Å²) < 4.78 is 11.9. The first kappa shape index (κ1) is 14.8. The molecular formula is C16H15BrN2O3. The van der Waals surface area contributed by atoms with Crippen molar-refractivity contribution >= 4 is 27.7 Å². The lowest BCUT2D eigenvalue weighted by Crippen LogP contribution is -2.18. The number of hydrogen-bond donors (Lipinski definition) is 1. The number of hydrogen-bond acceptors (Lipinski definition) is 4. The summed E-state index contributed by atoms with van der Waals surface area (Å²) in [5, 5.41) is 2.80.